The molecule has 0 aliphatic carbocycles. The van der Waals surface area contributed by atoms with Crippen LogP contribution in [0.15, 0.2) is 36.4 Å². The van der Waals surface area contributed by atoms with E-state index in [1.54, 1.807) is 24.3 Å². The summed E-state index contributed by atoms with van der Waals surface area (Å²) >= 11 is 0. The molecule has 0 aromatic heterocycles. The van der Waals surface area contributed by atoms with Crippen LogP contribution in [0.1, 0.15) is 16.7 Å². The number of ether oxygens (including phenoxy) is 2. The molecule has 2 rings (SSSR count). The van der Waals surface area contributed by atoms with E-state index >= 15 is 0 Å². The van der Waals surface area contributed by atoms with Crippen LogP contribution in [-0.2, 0) is 4.79 Å². The number of hydrogen-bond donors (Lipinski definition) is 2. The van der Waals surface area contributed by atoms with Crippen molar-refractivity contribution in [3.05, 3.63) is 53.1 Å². The highest BCUT2D eigenvalue weighted by Gasteiger charge is 2.09. The van der Waals surface area contributed by atoms with E-state index in [4.69, 9.17) is 15.2 Å². The van der Waals surface area contributed by atoms with Crippen LogP contribution in [0.5, 0.6) is 11.5 Å². The summed E-state index contributed by atoms with van der Waals surface area (Å²) < 4.78 is 11.1. The number of nitrogens with two attached hydrogens (primary N) is 1. The molecule has 1 amide bonds. The summed E-state index contributed by atoms with van der Waals surface area (Å²) in [6.07, 6.45) is 0. The maximum absolute atomic E-state index is 12.0. The van der Waals surface area contributed by atoms with E-state index in [0.717, 1.165) is 22.6 Å². The maximum Gasteiger partial charge on any atom is 0.262 e. The Labute approximate surface area is 142 Å². The molecular weight excluding hydrogens is 304 g/mol. The Bertz CT molecular complexity index is 673. The van der Waals surface area contributed by atoms with Gasteiger partial charge in [-0.25, -0.2) is 0 Å². The molecule has 24 heavy (non-hydrogen) atoms. The average Bonchev–Trinajstić information content (AvgIpc) is 2.53. The van der Waals surface area contributed by atoms with Crippen LogP contribution in [-0.4, -0.2) is 25.7 Å². The fraction of sp³-hybridized carbons (Fsp3) is 0.316. The maximum atomic E-state index is 12.0. The Morgan fingerprint density at radius 2 is 1.67 bits per heavy atom. The summed E-state index contributed by atoms with van der Waals surface area (Å²) in [6, 6.07) is 11.2. The number of rotatable bonds is 7. The topological polar surface area (TPSA) is 73.6 Å². The van der Waals surface area contributed by atoms with Crippen LogP contribution in [0.3, 0.4) is 0 Å². The third-order valence-electron chi connectivity index (χ3n) is 3.48. The van der Waals surface area contributed by atoms with Crippen molar-refractivity contribution in [3.8, 4) is 11.5 Å². The van der Waals surface area contributed by atoms with E-state index in [1.807, 2.05) is 32.9 Å². The molecule has 0 aliphatic rings. The van der Waals surface area contributed by atoms with Crippen LogP contribution in [0.4, 0.5) is 5.69 Å². The first-order valence-electron chi connectivity index (χ1n) is 7.93. The second-order valence-electron chi connectivity index (χ2n) is 5.73. The van der Waals surface area contributed by atoms with Gasteiger partial charge in [0.05, 0.1) is 0 Å². The lowest BCUT2D eigenvalue weighted by molar-refractivity contribution is -0.118. The number of carbonyl (C=O) groups is 1. The molecule has 0 unspecified atom stereocenters. The fourth-order valence-electron chi connectivity index (χ4n) is 2.54. The summed E-state index contributed by atoms with van der Waals surface area (Å²) in [5.74, 6) is 1.28. The van der Waals surface area contributed by atoms with Crippen LogP contribution < -0.4 is 20.5 Å². The lowest BCUT2D eigenvalue weighted by Crippen LogP contribution is -2.20. The molecular formula is C19H24N2O3. The molecule has 0 spiro atoms. The van der Waals surface area contributed by atoms with Gasteiger partial charge >= 0.3 is 0 Å². The van der Waals surface area contributed by atoms with Crippen LogP contribution in [0.25, 0.3) is 0 Å². The zero-order valence-electron chi connectivity index (χ0n) is 14.4. The van der Waals surface area contributed by atoms with Gasteiger partial charge in [0.1, 0.15) is 18.1 Å². The first-order valence-corrected chi connectivity index (χ1v) is 7.93. The van der Waals surface area contributed by atoms with Crippen LogP contribution >= 0.6 is 0 Å². The zero-order valence-corrected chi connectivity index (χ0v) is 14.4. The summed E-state index contributed by atoms with van der Waals surface area (Å²) in [7, 11) is 0. The number of hydrogen-bond acceptors (Lipinski definition) is 4. The number of benzene rings is 2. The quantitative estimate of drug-likeness (QED) is 0.819. The molecule has 0 saturated carbocycles. The summed E-state index contributed by atoms with van der Waals surface area (Å²) in [6.45, 7) is 6.90. The Balaban J connectivity index is 1.89. The minimum absolute atomic E-state index is 0.0316. The minimum atomic E-state index is -0.204. The highest BCUT2D eigenvalue weighted by atomic mass is 16.5. The minimum Gasteiger partial charge on any atom is -0.492 e. The van der Waals surface area contributed by atoms with E-state index in [2.05, 4.69) is 5.32 Å². The fourth-order valence-corrected chi connectivity index (χ4v) is 2.54. The van der Waals surface area contributed by atoms with Crippen molar-refractivity contribution in [1.82, 2.24) is 0 Å². The molecule has 3 N–H and O–H groups in total. The number of amides is 1. The highest BCUT2D eigenvalue weighted by Crippen LogP contribution is 2.24. The van der Waals surface area contributed by atoms with Gasteiger partial charge in [0.15, 0.2) is 6.61 Å². The smallest absolute Gasteiger partial charge is 0.262 e. The standard InChI is InChI=1S/C19H24N2O3/c1-13-10-14(2)19(15(3)11-13)24-12-18(22)21-16-4-6-17(7-5-16)23-9-8-20/h4-7,10-11H,8-9,12,20H2,1-3H3,(H,21,22). The number of aryl methyl sites for hydroxylation is 3. The highest BCUT2D eigenvalue weighted by molar-refractivity contribution is 5.91. The van der Waals surface area contributed by atoms with Gasteiger partial charge in [0, 0.05) is 12.2 Å². The Kier molecular flexibility index (Phi) is 6.21. The van der Waals surface area contributed by atoms with Crippen molar-refractivity contribution in [3.63, 3.8) is 0 Å². The van der Waals surface area contributed by atoms with Crippen LogP contribution in [0.2, 0.25) is 0 Å². The van der Waals surface area contributed by atoms with Crippen molar-refractivity contribution >= 4 is 11.6 Å². The second-order valence-corrected chi connectivity index (χ2v) is 5.73. The average molecular weight is 328 g/mol. The summed E-state index contributed by atoms with van der Waals surface area (Å²) in [5.41, 5.74) is 9.32. The SMILES string of the molecule is Cc1cc(C)c(OCC(=O)Nc2ccc(OCCN)cc2)c(C)c1. The van der Waals surface area contributed by atoms with E-state index < -0.39 is 0 Å². The lowest BCUT2D eigenvalue weighted by Gasteiger charge is -2.13. The van der Waals surface area contributed by atoms with Gasteiger partial charge in [-0.05, 0) is 56.2 Å². The molecule has 0 radical (unpaired) electrons. The molecule has 128 valence electrons. The van der Waals surface area contributed by atoms with Gasteiger partial charge in [0.25, 0.3) is 5.91 Å². The summed E-state index contributed by atoms with van der Waals surface area (Å²) in [4.78, 5) is 12.0. The molecule has 0 aliphatic heterocycles. The third-order valence-corrected chi connectivity index (χ3v) is 3.48. The van der Waals surface area contributed by atoms with Crippen molar-refractivity contribution in [2.24, 2.45) is 5.73 Å². The first-order chi connectivity index (χ1) is 11.5. The number of anilines is 1. The van der Waals surface area contributed by atoms with Gasteiger partial charge in [0.2, 0.25) is 0 Å². The number of nitrogens with one attached hydrogen (secondary N) is 1. The van der Waals surface area contributed by atoms with Gasteiger partial charge in [-0.3, -0.25) is 4.79 Å². The Morgan fingerprint density at radius 3 is 2.25 bits per heavy atom. The first kappa shape index (κ1) is 17.8. The van der Waals surface area contributed by atoms with Crippen molar-refractivity contribution < 1.29 is 14.3 Å². The van der Waals surface area contributed by atoms with Gasteiger partial charge in [-0.15, -0.1) is 0 Å². The molecule has 5 nitrogen and oxygen atoms in total. The normalized spacial score (nSPS) is 10.3. The molecule has 0 bridgehead atoms. The van der Waals surface area contributed by atoms with E-state index in [1.165, 1.54) is 5.56 Å². The van der Waals surface area contributed by atoms with Crippen molar-refractivity contribution in [2.45, 2.75) is 20.8 Å². The Morgan fingerprint density at radius 1 is 1.04 bits per heavy atom. The largest absolute Gasteiger partial charge is 0.492 e. The zero-order chi connectivity index (χ0) is 17.5. The third kappa shape index (κ3) is 4.99. The second kappa shape index (κ2) is 8.36. The summed E-state index contributed by atoms with van der Waals surface area (Å²) in [5, 5.41) is 2.80. The molecule has 0 saturated heterocycles. The number of carbonyl (C=O) groups excluding carboxylic acids is 1. The van der Waals surface area contributed by atoms with Crippen LogP contribution in [0, 0.1) is 20.8 Å². The molecule has 0 heterocycles. The lowest BCUT2D eigenvalue weighted by atomic mass is 10.1. The van der Waals surface area contributed by atoms with E-state index in [-0.39, 0.29) is 12.5 Å². The predicted molar refractivity (Wildman–Crippen MR) is 95.8 cm³/mol. The molecule has 2 aromatic rings. The van der Waals surface area contributed by atoms with Crippen molar-refractivity contribution in [2.75, 3.05) is 25.1 Å². The van der Waals surface area contributed by atoms with Gasteiger partial charge < -0.3 is 20.5 Å². The molecule has 5 heteroatoms. The molecule has 2 aromatic carbocycles. The predicted octanol–water partition coefficient (Wildman–Crippen LogP) is 2.97. The molecule has 0 atom stereocenters. The Hall–Kier alpha value is -2.53. The van der Waals surface area contributed by atoms with Gasteiger partial charge in [-0.1, -0.05) is 17.7 Å². The van der Waals surface area contributed by atoms with Gasteiger partial charge in [-0.2, -0.15) is 0 Å². The van der Waals surface area contributed by atoms with E-state index in [9.17, 15) is 4.79 Å². The van der Waals surface area contributed by atoms with E-state index in [0.29, 0.717) is 18.8 Å². The monoisotopic (exact) mass is 328 g/mol. The molecule has 0 fully saturated rings. The van der Waals surface area contributed by atoms with Crippen molar-refractivity contribution in [1.29, 1.82) is 0 Å².